The van der Waals surface area contributed by atoms with E-state index in [0.29, 0.717) is 19.5 Å². The molecule has 96 valence electrons. The fourth-order valence-corrected chi connectivity index (χ4v) is 3.19. The van der Waals surface area contributed by atoms with Crippen molar-refractivity contribution in [3.05, 3.63) is 24.0 Å². The van der Waals surface area contributed by atoms with Crippen molar-refractivity contribution in [3.63, 3.8) is 0 Å². The van der Waals surface area contributed by atoms with Crippen LogP contribution in [0.15, 0.2) is 23.1 Å². The lowest BCUT2D eigenvalue weighted by Gasteiger charge is -2.20. The van der Waals surface area contributed by atoms with Gasteiger partial charge in [0.2, 0.25) is 10.0 Å². The van der Waals surface area contributed by atoms with Crippen LogP contribution in [0.1, 0.15) is 20.3 Å². The van der Waals surface area contributed by atoms with Gasteiger partial charge in [-0.1, -0.05) is 13.8 Å². The fraction of sp³-hybridized carbons (Fsp3) is 0.455. The third-order valence-corrected chi connectivity index (χ3v) is 4.39. The Morgan fingerprint density at radius 3 is 2.53 bits per heavy atom. The van der Waals surface area contributed by atoms with E-state index < -0.39 is 15.8 Å². The summed E-state index contributed by atoms with van der Waals surface area (Å²) in [6, 6.07) is 3.56. The molecule has 0 saturated carbocycles. The zero-order valence-electron chi connectivity index (χ0n) is 9.98. The Hall–Kier alpha value is -1.14. The van der Waals surface area contributed by atoms with E-state index in [9.17, 15) is 12.8 Å². The normalized spacial score (nSPS) is 12.0. The van der Waals surface area contributed by atoms with Gasteiger partial charge in [-0.25, -0.2) is 12.8 Å². The van der Waals surface area contributed by atoms with Crippen molar-refractivity contribution in [3.8, 4) is 0 Å². The van der Waals surface area contributed by atoms with Gasteiger partial charge in [0, 0.05) is 18.8 Å². The molecule has 0 aromatic heterocycles. The van der Waals surface area contributed by atoms with Gasteiger partial charge in [0.1, 0.15) is 10.7 Å². The molecule has 17 heavy (non-hydrogen) atoms. The summed E-state index contributed by atoms with van der Waals surface area (Å²) in [7, 11) is -3.79. The van der Waals surface area contributed by atoms with E-state index in [0.717, 1.165) is 12.1 Å². The minimum absolute atomic E-state index is 0.234. The average Bonchev–Trinajstić information content (AvgIpc) is 2.28. The summed E-state index contributed by atoms with van der Waals surface area (Å²) in [5, 5.41) is 0. The van der Waals surface area contributed by atoms with E-state index in [1.54, 1.807) is 6.92 Å². The van der Waals surface area contributed by atoms with Crippen LogP contribution in [0.4, 0.5) is 10.1 Å². The van der Waals surface area contributed by atoms with Crippen molar-refractivity contribution in [2.24, 2.45) is 0 Å². The second-order valence-electron chi connectivity index (χ2n) is 3.69. The molecule has 0 saturated heterocycles. The van der Waals surface area contributed by atoms with Crippen LogP contribution in [-0.4, -0.2) is 25.8 Å². The maximum absolute atomic E-state index is 13.5. The first-order valence-electron chi connectivity index (χ1n) is 5.48. The molecule has 0 spiro atoms. The lowest BCUT2D eigenvalue weighted by Crippen LogP contribution is -2.32. The van der Waals surface area contributed by atoms with E-state index in [1.807, 2.05) is 6.92 Å². The SMILES string of the molecule is CCCN(CC)S(=O)(=O)c1cc(N)ccc1F. The standard InChI is InChI=1S/C11H17FN2O2S/c1-3-7-14(4-2)17(15,16)11-8-9(13)5-6-10(11)12/h5-6,8H,3-4,7,13H2,1-2H3. The van der Waals surface area contributed by atoms with Gasteiger partial charge in [-0.05, 0) is 24.6 Å². The highest BCUT2D eigenvalue weighted by atomic mass is 32.2. The summed E-state index contributed by atoms with van der Waals surface area (Å²) in [6.07, 6.45) is 0.678. The van der Waals surface area contributed by atoms with E-state index in [2.05, 4.69) is 0 Å². The minimum atomic E-state index is -3.79. The molecule has 1 aromatic rings. The number of nitrogens with zero attached hydrogens (tertiary/aromatic N) is 1. The van der Waals surface area contributed by atoms with E-state index in [4.69, 9.17) is 5.73 Å². The van der Waals surface area contributed by atoms with Crippen molar-refractivity contribution >= 4 is 15.7 Å². The van der Waals surface area contributed by atoms with Crippen LogP contribution in [0.3, 0.4) is 0 Å². The van der Waals surface area contributed by atoms with Gasteiger partial charge in [0.15, 0.2) is 0 Å². The Morgan fingerprint density at radius 2 is 2.00 bits per heavy atom. The molecule has 1 rings (SSSR count). The Bertz CT molecular complexity index is 488. The lowest BCUT2D eigenvalue weighted by atomic mass is 10.3. The summed E-state index contributed by atoms with van der Waals surface area (Å²) >= 11 is 0. The predicted molar refractivity (Wildman–Crippen MR) is 65.5 cm³/mol. The second-order valence-corrected chi connectivity index (χ2v) is 5.59. The van der Waals surface area contributed by atoms with E-state index in [-0.39, 0.29) is 10.6 Å². The molecule has 0 radical (unpaired) electrons. The highest BCUT2D eigenvalue weighted by Crippen LogP contribution is 2.21. The van der Waals surface area contributed by atoms with Gasteiger partial charge in [0.25, 0.3) is 0 Å². The number of rotatable bonds is 5. The third kappa shape index (κ3) is 2.95. The molecule has 6 heteroatoms. The van der Waals surface area contributed by atoms with Crippen molar-refractivity contribution in [2.45, 2.75) is 25.2 Å². The first kappa shape index (κ1) is 13.9. The summed E-state index contributed by atoms with van der Waals surface area (Å²) in [6.45, 7) is 4.27. The smallest absolute Gasteiger partial charge is 0.246 e. The molecule has 0 bridgehead atoms. The van der Waals surface area contributed by atoms with Crippen LogP contribution in [0.2, 0.25) is 0 Å². The maximum Gasteiger partial charge on any atom is 0.246 e. The van der Waals surface area contributed by atoms with Crippen molar-refractivity contribution in [1.29, 1.82) is 0 Å². The number of halogens is 1. The van der Waals surface area contributed by atoms with Crippen LogP contribution < -0.4 is 5.73 Å². The number of sulfonamides is 1. The van der Waals surface area contributed by atoms with Crippen molar-refractivity contribution in [1.82, 2.24) is 4.31 Å². The molecule has 0 aliphatic heterocycles. The molecule has 0 amide bonds. The molecular formula is C11H17FN2O2S. The van der Waals surface area contributed by atoms with Gasteiger partial charge in [-0.15, -0.1) is 0 Å². The quantitative estimate of drug-likeness (QED) is 0.821. The first-order chi connectivity index (χ1) is 7.93. The van der Waals surface area contributed by atoms with Crippen LogP contribution in [0.5, 0.6) is 0 Å². The van der Waals surface area contributed by atoms with E-state index in [1.165, 1.54) is 10.4 Å². The Morgan fingerprint density at radius 1 is 1.35 bits per heavy atom. The number of anilines is 1. The summed E-state index contributed by atoms with van der Waals surface area (Å²) < 4.78 is 39.1. The van der Waals surface area contributed by atoms with Crippen LogP contribution in [0, 0.1) is 5.82 Å². The van der Waals surface area contributed by atoms with Gasteiger partial charge < -0.3 is 5.73 Å². The molecular weight excluding hydrogens is 243 g/mol. The highest BCUT2D eigenvalue weighted by Gasteiger charge is 2.25. The average molecular weight is 260 g/mol. The number of hydrogen-bond acceptors (Lipinski definition) is 3. The molecule has 0 unspecified atom stereocenters. The predicted octanol–water partition coefficient (Wildman–Crippen LogP) is 1.83. The highest BCUT2D eigenvalue weighted by molar-refractivity contribution is 7.89. The topological polar surface area (TPSA) is 63.4 Å². The Kier molecular flexibility index (Phi) is 4.47. The molecule has 0 aliphatic carbocycles. The molecule has 0 atom stereocenters. The lowest BCUT2D eigenvalue weighted by molar-refractivity contribution is 0.423. The van der Waals surface area contributed by atoms with Crippen molar-refractivity contribution < 1.29 is 12.8 Å². The number of hydrogen-bond donors (Lipinski definition) is 1. The van der Waals surface area contributed by atoms with Crippen LogP contribution in [-0.2, 0) is 10.0 Å². The molecule has 0 aliphatic rings. The summed E-state index contributed by atoms with van der Waals surface area (Å²) in [4.78, 5) is -0.354. The van der Waals surface area contributed by atoms with Crippen LogP contribution in [0.25, 0.3) is 0 Å². The number of nitrogen functional groups attached to an aromatic ring is 1. The third-order valence-electron chi connectivity index (χ3n) is 2.40. The Labute approximate surface area is 101 Å². The fourth-order valence-electron chi connectivity index (χ4n) is 1.55. The zero-order valence-corrected chi connectivity index (χ0v) is 10.8. The molecule has 2 N–H and O–H groups in total. The maximum atomic E-state index is 13.5. The van der Waals surface area contributed by atoms with E-state index >= 15 is 0 Å². The van der Waals surface area contributed by atoms with Gasteiger partial charge >= 0.3 is 0 Å². The van der Waals surface area contributed by atoms with Gasteiger partial charge in [-0.2, -0.15) is 4.31 Å². The minimum Gasteiger partial charge on any atom is -0.399 e. The molecule has 4 nitrogen and oxygen atoms in total. The monoisotopic (exact) mass is 260 g/mol. The molecule has 0 fully saturated rings. The second kappa shape index (κ2) is 5.46. The first-order valence-corrected chi connectivity index (χ1v) is 6.92. The molecule has 1 aromatic carbocycles. The van der Waals surface area contributed by atoms with Crippen molar-refractivity contribution in [2.75, 3.05) is 18.8 Å². The van der Waals surface area contributed by atoms with Gasteiger partial charge in [-0.3, -0.25) is 0 Å². The molecule has 0 heterocycles. The van der Waals surface area contributed by atoms with Crippen LogP contribution >= 0.6 is 0 Å². The zero-order chi connectivity index (χ0) is 13.1. The summed E-state index contributed by atoms with van der Waals surface area (Å²) in [5.41, 5.74) is 5.72. The van der Waals surface area contributed by atoms with Gasteiger partial charge in [0.05, 0.1) is 0 Å². The number of nitrogens with two attached hydrogens (primary N) is 1. The number of benzene rings is 1. The summed E-state index contributed by atoms with van der Waals surface area (Å²) in [5.74, 6) is -0.770. The Balaban J connectivity index is 3.24. The largest absolute Gasteiger partial charge is 0.399 e.